The highest BCUT2D eigenvalue weighted by molar-refractivity contribution is 9.10. The van der Waals surface area contributed by atoms with Crippen LogP contribution in [0.1, 0.15) is 16.9 Å². The second kappa shape index (κ2) is 6.21. The van der Waals surface area contributed by atoms with Crippen LogP contribution in [-0.4, -0.2) is 52.6 Å². The lowest BCUT2D eigenvalue weighted by molar-refractivity contribution is 0.0921. The molecule has 1 aromatic heterocycles. The van der Waals surface area contributed by atoms with Crippen LogP contribution < -0.4 is 0 Å². The fourth-order valence-electron chi connectivity index (χ4n) is 2.01. The van der Waals surface area contributed by atoms with Gasteiger partial charge in [-0.25, -0.2) is 0 Å². The van der Waals surface area contributed by atoms with Crippen molar-refractivity contribution in [2.75, 3.05) is 32.1 Å². The first kappa shape index (κ1) is 14.1. The zero-order valence-electron chi connectivity index (χ0n) is 10.7. The first-order chi connectivity index (χ1) is 8.59. The number of hydrogen-bond acceptors (Lipinski definition) is 4. The van der Waals surface area contributed by atoms with Crippen molar-refractivity contribution in [3.8, 4) is 0 Å². The molecule has 0 amide bonds. The number of ketones is 1. The molecule has 2 rings (SSSR count). The Labute approximate surface area is 120 Å². The van der Waals surface area contributed by atoms with Crippen molar-refractivity contribution in [3.63, 3.8) is 0 Å². The predicted octanol–water partition coefficient (Wildman–Crippen LogP) is 2.14. The summed E-state index contributed by atoms with van der Waals surface area (Å²) in [5, 5.41) is 4.30. The van der Waals surface area contributed by atoms with E-state index in [2.05, 4.69) is 25.9 Å². The van der Waals surface area contributed by atoms with Crippen LogP contribution in [0, 0.1) is 5.92 Å². The van der Waals surface area contributed by atoms with Crippen LogP contribution in [0.2, 0.25) is 0 Å². The highest BCUT2D eigenvalue weighted by Gasteiger charge is 2.28. The molecule has 0 spiro atoms. The van der Waals surface area contributed by atoms with Gasteiger partial charge in [0.25, 0.3) is 0 Å². The molecule has 0 aromatic carbocycles. The van der Waals surface area contributed by atoms with Gasteiger partial charge in [0.15, 0.2) is 5.78 Å². The smallest absolute Gasteiger partial charge is 0.185 e. The minimum Gasteiger partial charge on any atom is -0.308 e. The maximum atomic E-state index is 12.5. The summed E-state index contributed by atoms with van der Waals surface area (Å²) in [6.45, 7) is 1.63. The van der Waals surface area contributed by atoms with Crippen LogP contribution in [0.25, 0.3) is 0 Å². The molecule has 0 bridgehead atoms. The standard InChI is InChI=1S/C12H18BrN3OS/c1-15(2)4-5-16-11(10(13)7-14-16)12(17)9-3-6-18-8-9/h7,9H,3-6,8H2,1-2H3. The topological polar surface area (TPSA) is 38.1 Å². The van der Waals surface area contributed by atoms with Gasteiger partial charge in [-0.3, -0.25) is 9.48 Å². The highest BCUT2D eigenvalue weighted by atomic mass is 79.9. The van der Waals surface area contributed by atoms with E-state index in [-0.39, 0.29) is 11.7 Å². The normalized spacial score (nSPS) is 19.7. The number of thioether (sulfide) groups is 1. The van der Waals surface area contributed by atoms with E-state index in [1.165, 1.54) is 0 Å². The number of hydrogen-bond donors (Lipinski definition) is 0. The van der Waals surface area contributed by atoms with Crippen LogP contribution in [0.4, 0.5) is 0 Å². The summed E-state index contributed by atoms with van der Waals surface area (Å²) < 4.78 is 2.65. The lowest BCUT2D eigenvalue weighted by Crippen LogP contribution is -2.24. The summed E-state index contributed by atoms with van der Waals surface area (Å²) in [7, 11) is 4.04. The van der Waals surface area contributed by atoms with Crippen molar-refractivity contribution in [1.82, 2.24) is 14.7 Å². The van der Waals surface area contributed by atoms with Crippen LogP contribution in [-0.2, 0) is 6.54 Å². The third kappa shape index (κ3) is 3.16. The van der Waals surface area contributed by atoms with Gasteiger partial charge in [0, 0.05) is 18.2 Å². The Hall–Kier alpha value is -0.330. The fraction of sp³-hybridized carbons (Fsp3) is 0.667. The number of nitrogens with zero attached hydrogens (tertiary/aromatic N) is 3. The zero-order valence-corrected chi connectivity index (χ0v) is 13.1. The molecule has 0 saturated carbocycles. The molecule has 1 saturated heterocycles. The maximum Gasteiger partial charge on any atom is 0.185 e. The molecule has 1 fully saturated rings. The van der Waals surface area contributed by atoms with Gasteiger partial charge in [-0.15, -0.1) is 0 Å². The van der Waals surface area contributed by atoms with Gasteiger partial charge in [0.1, 0.15) is 5.69 Å². The van der Waals surface area contributed by atoms with Crippen molar-refractivity contribution >= 4 is 33.5 Å². The van der Waals surface area contributed by atoms with Crippen molar-refractivity contribution in [3.05, 3.63) is 16.4 Å². The number of Topliss-reactive ketones (excluding diaryl/α,β-unsaturated/α-hetero) is 1. The van der Waals surface area contributed by atoms with E-state index >= 15 is 0 Å². The molecule has 1 atom stereocenters. The summed E-state index contributed by atoms with van der Waals surface area (Å²) in [6, 6.07) is 0. The molecular weight excluding hydrogens is 314 g/mol. The maximum absolute atomic E-state index is 12.5. The largest absolute Gasteiger partial charge is 0.308 e. The number of aromatic nitrogens is 2. The number of carbonyl (C=O) groups is 1. The number of rotatable bonds is 5. The second-order valence-electron chi connectivity index (χ2n) is 4.79. The number of carbonyl (C=O) groups excluding carboxylic acids is 1. The van der Waals surface area contributed by atoms with E-state index in [1.54, 1.807) is 6.20 Å². The van der Waals surface area contributed by atoms with Crippen molar-refractivity contribution in [2.45, 2.75) is 13.0 Å². The van der Waals surface area contributed by atoms with E-state index in [9.17, 15) is 4.79 Å². The fourth-order valence-corrected chi connectivity index (χ4v) is 3.72. The summed E-state index contributed by atoms with van der Waals surface area (Å²) >= 11 is 5.31. The highest BCUT2D eigenvalue weighted by Crippen LogP contribution is 2.29. The molecule has 1 unspecified atom stereocenters. The zero-order chi connectivity index (χ0) is 13.1. The lowest BCUT2D eigenvalue weighted by atomic mass is 10.0. The number of halogens is 1. The van der Waals surface area contributed by atoms with Gasteiger partial charge in [0.05, 0.1) is 17.2 Å². The van der Waals surface area contributed by atoms with Gasteiger partial charge in [-0.05, 0) is 42.2 Å². The average molecular weight is 332 g/mol. The summed E-state index contributed by atoms with van der Waals surface area (Å²) in [5.41, 5.74) is 0.740. The third-order valence-electron chi connectivity index (χ3n) is 3.09. The predicted molar refractivity (Wildman–Crippen MR) is 78.2 cm³/mol. The summed E-state index contributed by atoms with van der Waals surface area (Å²) in [5.74, 6) is 2.45. The lowest BCUT2D eigenvalue weighted by Gasteiger charge is -2.13. The first-order valence-corrected chi connectivity index (χ1v) is 8.02. The average Bonchev–Trinajstić information content (AvgIpc) is 2.94. The minimum absolute atomic E-state index is 0.168. The van der Waals surface area contributed by atoms with Crippen molar-refractivity contribution in [1.29, 1.82) is 0 Å². The first-order valence-electron chi connectivity index (χ1n) is 6.07. The molecule has 100 valence electrons. The van der Waals surface area contributed by atoms with Gasteiger partial charge < -0.3 is 4.90 Å². The monoisotopic (exact) mass is 331 g/mol. The molecule has 4 nitrogen and oxygen atoms in total. The van der Waals surface area contributed by atoms with Crippen LogP contribution >= 0.6 is 27.7 Å². The van der Waals surface area contributed by atoms with E-state index in [1.807, 2.05) is 30.5 Å². The van der Waals surface area contributed by atoms with Gasteiger partial charge in [0.2, 0.25) is 0 Å². The van der Waals surface area contributed by atoms with Gasteiger partial charge in [-0.1, -0.05) is 0 Å². The Balaban J connectivity index is 2.14. The molecule has 1 aromatic rings. The van der Waals surface area contributed by atoms with Crippen LogP contribution in [0.3, 0.4) is 0 Å². The Bertz CT molecular complexity index is 427. The van der Waals surface area contributed by atoms with E-state index in [0.717, 1.165) is 41.2 Å². The molecule has 1 aliphatic rings. The molecule has 0 radical (unpaired) electrons. The van der Waals surface area contributed by atoms with Crippen molar-refractivity contribution < 1.29 is 4.79 Å². The van der Waals surface area contributed by atoms with E-state index in [0.29, 0.717) is 0 Å². The number of likely N-dealkylation sites (N-methyl/N-ethyl adjacent to an activating group) is 1. The molecular formula is C12H18BrN3OS. The molecule has 0 N–H and O–H groups in total. The van der Waals surface area contributed by atoms with Gasteiger partial charge in [-0.2, -0.15) is 16.9 Å². The molecule has 0 aliphatic carbocycles. The second-order valence-corrected chi connectivity index (χ2v) is 6.80. The Morgan fingerprint density at radius 2 is 2.44 bits per heavy atom. The summed E-state index contributed by atoms with van der Waals surface area (Å²) in [6.07, 6.45) is 2.72. The third-order valence-corrected chi connectivity index (χ3v) is 4.83. The molecule has 18 heavy (non-hydrogen) atoms. The Kier molecular flexibility index (Phi) is 4.86. The van der Waals surface area contributed by atoms with E-state index < -0.39 is 0 Å². The minimum atomic E-state index is 0.168. The SMILES string of the molecule is CN(C)CCn1ncc(Br)c1C(=O)C1CCSC1. The molecule has 1 aliphatic heterocycles. The molecule has 2 heterocycles. The Morgan fingerprint density at radius 3 is 3.06 bits per heavy atom. The Morgan fingerprint density at radius 1 is 1.67 bits per heavy atom. The van der Waals surface area contributed by atoms with Crippen LogP contribution in [0.15, 0.2) is 10.7 Å². The van der Waals surface area contributed by atoms with Crippen LogP contribution in [0.5, 0.6) is 0 Å². The van der Waals surface area contributed by atoms with Gasteiger partial charge >= 0.3 is 0 Å². The quantitative estimate of drug-likeness (QED) is 0.775. The summed E-state index contributed by atoms with van der Waals surface area (Å²) in [4.78, 5) is 14.6. The molecule has 6 heteroatoms. The van der Waals surface area contributed by atoms with Crippen molar-refractivity contribution in [2.24, 2.45) is 5.92 Å². The van der Waals surface area contributed by atoms with E-state index in [4.69, 9.17) is 0 Å².